The molecular weight excluding hydrogens is 237 g/mol. The molecule has 0 saturated heterocycles. The largest absolute Gasteiger partial charge is 0.207 e. The first kappa shape index (κ1) is 12.7. The Hall–Kier alpha value is -1.77. The van der Waals surface area contributed by atoms with Crippen molar-refractivity contribution in [1.82, 2.24) is 0 Å². The lowest BCUT2D eigenvalue weighted by Crippen LogP contribution is -1.94. The van der Waals surface area contributed by atoms with E-state index in [0.717, 1.165) is 17.5 Å². The molecule has 18 heavy (non-hydrogen) atoms. The smallest absolute Gasteiger partial charge is 0.136 e. The van der Waals surface area contributed by atoms with E-state index in [1.807, 2.05) is 19.9 Å². The van der Waals surface area contributed by atoms with Gasteiger partial charge in [-0.15, -0.1) is 0 Å². The Morgan fingerprint density at radius 2 is 1.56 bits per heavy atom. The van der Waals surface area contributed by atoms with Gasteiger partial charge < -0.3 is 0 Å². The topological polar surface area (TPSA) is 0 Å². The fourth-order valence-electron chi connectivity index (χ4n) is 2.03. The number of rotatable bonds is 2. The van der Waals surface area contributed by atoms with Crippen LogP contribution in [0.4, 0.5) is 13.2 Å². The molecule has 2 rings (SSSR count). The van der Waals surface area contributed by atoms with Crippen LogP contribution < -0.4 is 0 Å². The van der Waals surface area contributed by atoms with E-state index in [9.17, 15) is 13.2 Å². The number of benzene rings is 2. The summed E-state index contributed by atoms with van der Waals surface area (Å²) in [5.41, 5.74) is 2.36. The summed E-state index contributed by atoms with van der Waals surface area (Å²) < 4.78 is 40.2. The fraction of sp³-hybridized carbons (Fsp3) is 0.200. The molecule has 0 aliphatic carbocycles. The van der Waals surface area contributed by atoms with E-state index in [0.29, 0.717) is 17.7 Å². The summed E-state index contributed by atoms with van der Waals surface area (Å²) >= 11 is 0. The molecule has 0 unspecified atom stereocenters. The Bertz CT molecular complexity index is 565. The van der Waals surface area contributed by atoms with Crippen molar-refractivity contribution in [1.29, 1.82) is 0 Å². The zero-order valence-corrected chi connectivity index (χ0v) is 10.2. The minimum absolute atomic E-state index is 0.175. The number of hydrogen-bond donors (Lipinski definition) is 0. The Labute approximate surface area is 104 Å². The lowest BCUT2D eigenvalue weighted by molar-refractivity contribution is 0.548. The second-order valence-electron chi connectivity index (χ2n) is 4.24. The van der Waals surface area contributed by atoms with Gasteiger partial charge in [-0.2, -0.15) is 0 Å². The van der Waals surface area contributed by atoms with Crippen LogP contribution in [0.1, 0.15) is 18.1 Å². The first-order chi connectivity index (χ1) is 8.52. The Morgan fingerprint density at radius 1 is 0.944 bits per heavy atom. The Morgan fingerprint density at radius 3 is 2.11 bits per heavy atom. The highest BCUT2D eigenvalue weighted by molar-refractivity contribution is 5.66. The Balaban J connectivity index is 2.62. The van der Waals surface area contributed by atoms with Crippen molar-refractivity contribution in [2.75, 3.05) is 0 Å². The van der Waals surface area contributed by atoms with E-state index in [2.05, 4.69) is 0 Å². The van der Waals surface area contributed by atoms with E-state index in [1.165, 1.54) is 0 Å². The molecule has 2 aromatic rings. The summed E-state index contributed by atoms with van der Waals surface area (Å²) in [6.07, 6.45) is 0.782. The molecule has 0 bridgehead atoms. The highest BCUT2D eigenvalue weighted by atomic mass is 19.1. The summed E-state index contributed by atoms with van der Waals surface area (Å²) in [7, 11) is 0. The second kappa shape index (κ2) is 4.84. The predicted molar refractivity (Wildman–Crippen MR) is 65.9 cm³/mol. The average molecular weight is 250 g/mol. The maximum atomic E-state index is 13.7. The average Bonchev–Trinajstić information content (AvgIpc) is 2.30. The maximum absolute atomic E-state index is 13.7. The van der Waals surface area contributed by atoms with Gasteiger partial charge in [-0.1, -0.05) is 25.1 Å². The Kier molecular flexibility index (Phi) is 3.41. The van der Waals surface area contributed by atoms with Crippen molar-refractivity contribution in [3.8, 4) is 11.1 Å². The predicted octanol–water partition coefficient (Wildman–Crippen LogP) is 4.64. The highest BCUT2D eigenvalue weighted by Crippen LogP contribution is 2.28. The van der Waals surface area contributed by atoms with Crippen LogP contribution >= 0.6 is 0 Å². The second-order valence-corrected chi connectivity index (χ2v) is 4.24. The molecule has 0 radical (unpaired) electrons. The third kappa shape index (κ3) is 2.26. The molecular formula is C15H13F3. The van der Waals surface area contributed by atoms with Gasteiger partial charge in [0.2, 0.25) is 0 Å². The first-order valence-corrected chi connectivity index (χ1v) is 5.77. The SMILES string of the molecule is CCc1cc(-c2c(F)cc(F)cc2F)ccc1C. The van der Waals surface area contributed by atoms with Crippen LogP contribution in [0.25, 0.3) is 11.1 Å². The van der Waals surface area contributed by atoms with Gasteiger partial charge in [0.25, 0.3) is 0 Å². The highest BCUT2D eigenvalue weighted by Gasteiger charge is 2.14. The van der Waals surface area contributed by atoms with Crippen molar-refractivity contribution in [3.05, 3.63) is 58.9 Å². The third-order valence-electron chi connectivity index (χ3n) is 3.03. The van der Waals surface area contributed by atoms with Crippen LogP contribution in [0.5, 0.6) is 0 Å². The first-order valence-electron chi connectivity index (χ1n) is 5.77. The molecule has 0 fully saturated rings. The zero-order chi connectivity index (χ0) is 13.3. The van der Waals surface area contributed by atoms with E-state index in [1.54, 1.807) is 12.1 Å². The maximum Gasteiger partial charge on any atom is 0.136 e. The van der Waals surface area contributed by atoms with Gasteiger partial charge in [0.1, 0.15) is 17.5 Å². The molecule has 0 atom stereocenters. The van der Waals surface area contributed by atoms with E-state index in [4.69, 9.17) is 0 Å². The molecule has 0 aromatic heterocycles. The van der Waals surface area contributed by atoms with E-state index in [-0.39, 0.29) is 5.56 Å². The molecule has 94 valence electrons. The van der Waals surface area contributed by atoms with Crippen LogP contribution in [-0.2, 0) is 6.42 Å². The van der Waals surface area contributed by atoms with Crippen molar-refractivity contribution in [2.45, 2.75) is 20.3 Å². The number of halogens is 3. The summed E-state index contributed by atoms with van der Waals surface area (Å²) in [5.74, 6) is -2.66. The third-order valence-corrected chi connectivity index (χ3v) is 3.03. The lowest BCUT2D eigenvalue weighted by Gasteiger charge is -2.09. The van der Waals surface area contributed by atoms with Crippen LogP contribution in [0, 0.1) is 24.4 Å². The minimum atomic E-state index is -0.906. The van der Waals surface area contributed by atoms with Crippen LogP contribution in [0.2, 0.25) is 0 Å². The zero-order valence-electron chi connectivity index (χ0n) is 10.2. The quantitative estimate of drug-likeness (QED) is 0.728. The van der Waals surface area contributed by atoms with Crippen molar-refractivity contribution < 1.29 is 13.2 Å². The van der Waals surface area contributed by atoms with Gasteiger partial charge in [-0.05, 0) is 30.0 Å². The van der Waals surface area contributed by atoms with Crippen molar-refractivity contribution in [3.63, 3.8) is 0 Å². The fourth-order valence-corrected chi connectivity index (χ4v) is 2.03. The van der Waals surface area contributed by atoms with E-state index >= 15 is 0 Å². The summed E-state index contributed by atoms with van der Waals surface area (Å²) in [6.45, 7) is 3.92. The molecule has 0 N–H and O–H groups in total. The molecule has 3 heteroatoms. The van der Waals surface area contributed by atoms with Crippen LogP contribution in [0.15, 0.2) is 30.3 Å². The molecule has 0 nitrogen and oxygen atoms in total. The minimum Gasteiger partial charge on any atom is -0.207 e. The summed E-state index contributed by atoms with van der Waals surface area (Å²) in [4.78, 5) is 0. The standard InChI is InChI=1S/C15H13F3/c1-3-10-6-11(5-4-9(10)2)15-13(17)7-12(16)8-14(15)18/h4-8H,3H2,1-2H3. The van der Waals surface area contributed by atoms with Gasteiger partial charge >= 0.3 is 0 Å². The van der Waals surface area contributed by atoms with Crippen molar-refractivity contribution >= 4 is 0 Å². The number of hydrogen-bond acceptors (Lipinski definition) is 0. The monoisotopic (exact) mass is 250 g/mol. The molecule has 0 aliphatic heterocycles. The summed E-state index contributed by atoms with van der Waals surface area (Å²) in [5, 5.41) is 0. The molecule has 0 amide bonds. The molecule has 0 spiro atoms. The van der Waals surface area contributed by atoms with Gasteiger partial charge in [0.15, 0.2) is 0 Å². The summed E-state index contributed by atoms with van der Waals surface area (Å²) in [6, 6.07) is 6.60. The van der Waals surface area contributed by atoms with Crippen molar-refractivity contribution in [2.24, 2.45) is 0 Å². The van der Waals surface area contributed by atoms with Gasteiger partial charge in [0.05, 0.1) is 5.56 Å². The molecule has 2 aromatic carbocycles. The molecule has 0 heterocycles. The lowest BCUT2D eigenvalue weighted by atomic mass is 9.98. The van der Waals surface area contributed by atoms with Crippen LogP contribution in [0.3, 0.4) is 0 Å². The number of aryl methyl sites for hydroxylation is 2. The van der Waals surface area contributed by atoms with Crippen LogP contribution in [-0.4, -0.2) is 0 Å². The van der Waals surface area contributed by atoms with Gasteiger partial charge in [-0.3, -0.25) is 0 Å². The normalized spacial score (nSPS) is 10.7. The molecule has 0 aliphatic rings. The van der Waals surface area contributed by atoms with Gasteiger partial charge in [-0.25, -0.2) is 13.2 Å². The van der Waals surface area contributed by atoms with Gasteiger partial charge in [0, 0.05) is 12.1 Å². The molecule has 0 saturated carbocycles. The van der Waals surface area contributed by atoms with E-state index < -0.39 is 17.5 Å².